The number of rotatable bonds is 4. The van der Waals surface area contributed by atoms with Crippen LogP contribution in [0.1, 0.15) is 19.3 Å². The lowest BCUT2D eigenvalue weighted by Crippen LogP contribution is -2.28. The molecule has 1 atom stereocenters. The first-order valence-corrected chi connectivity index (χ1v) is 10.4. The van der Waals surface area contributed by atoms with Crippen LogP contribution in [0.3, 0.4) is 0 Å². The van der Waals surface area contributed by atoms with Crippen LogP contribution in [0.25, 0.3) is 0 Å². The SMILES string of the molecule is O=C(Nc1ccc(N2CCCC2)cn1)C1CC(=O)N(c2ccc3c(c2)OCCO3)C1. The number of pyridine rings is 1. The van der Waals surface area contributed by atoms with Crippen LogP contribution in [-0.2, 0) is 9.59 Å². The number of hydrogen-bond acceptors (Lipinski definition) is 6. The van der Waals surface area contributed by atoms with E-state index in [2.05, 4.69) is 15.2 Å². The topological polar surface area (TPSA) is 84.0 Å². The summed E-state index contributed by atoms with van der Waals surface area (Å²) in [6.45, 7) is 3.43. The van der Waals surface area contributed by atoms with Gasteiger partial charge in [0.2, 0.25) is 11.8 Å². The normalized spacial score (nSPS) is 20.5. The number of nitrogens with zero attached hydrogens (tertiary/aromatic N) is 3. The van der Waals surface area contributed by atoms with E-state index >= 15 is 0 Å². The Balaban J connectivity index is 1.23. The van der Waals surface area contributed by atoms with Gasteiger partial charge in [0.25, 0.3) is 0 Å². The maximum atomic E-state index is 12.7. The highest BCUT2D eigenvalue weighted by molar-refractivity contribution is 6.03. The second-order valence-corrected chi connectivity index (χ2v) is 7.82. The molecule has 30 heavy (non-hydrogen) atoms. The molecule has 2 aromatic rings. The van der Waals surface area contributed by atoms with Gasteiger partial charge in [-0.25, -0.2) is 4.98 Å². The summed E-state index contributed by atoms with van der Waals surface area (Å²) >= 11 is 0. The van der Waals surface area contributed by atoms with Crippen molar-refractivity contribution in [3.8, 4) is 11.5 Å². The van der Waals surface area contributed by atoms with Gasteiger partial charge in [0.05, 0.1) is 17.8 Å². The van der Waals surface area contributed by atoms with Crippen LogP contribution in [0.4, 0.5) is 17.2 Å². The molecular formula is C22H24N4O4. The summed E-state index contributed by atoms with van der Waals surface area (Å²) in [5.41, 5.74) is 1.79. The van der Waals surface area contributed by atoms with Gasteiger partial charge in [-0.1, -0.05) is 0 Å². The number of anilines is 3. The number of benzene rings is 1. The van der Waals surface area contributed by atoms with Gasteiger partial charge in [0.1, 0.15) is 19.0 Å². The van der Waals surface area contributed by atoms with E-state index in [4.69, 9.17) is 9.47 Å². The number of amides is 2. The molecular weight excluding hydrogens is 384 g/mol. The van der Waals surface area contributed by atoms with E-state index in [1.807, 2.05) is 18.2 Å². The van der Waals surface area contributed by atoms with Crippen LogP contribution in [0.15, 0.2) is 36.5 Å². The smallest absolute Gasteiger partial charge is 0.230 e. The van der Waals surface area contributed by atoms with Crippen LogP contribution in [0.5, 0.6) is 11.5 Å². The quantitative estimate of drug-likeness (QED) is 0.837. The highest BCUT2D eigenvalue weighted by Crippen LogP contribution is 2.36. The molecule has 2 saturated heterocycles. The molecule has 156 valence electrons. The van der Waals surface area contributed by atoms with Crippen molar-refractivity contribution in [2.45, 2.75) is 19.3 Å². The second-order valence-electron chi connectivity index (χ2n) is 7.82. The maximum absolute atomic E-state index is 12.7. The summed E-state index contributed by atoms with van der Waals surface area (Å²) in [6.07, 6.45) is 4.37. The Hall–Kier alpha value is -3.29. The van der Waals surface area contributed by atoms with E-state index < -0.39 is 5.92 Å². The summed E-state index contributed by atoms with van der Waals surface area (Å²) < 4.78 is 11.1. The molecule has 0 aliphatic carbocycles. The Kier molecular flexibility index (Phi) is 4.90. The van der Waals surface area contributed by atoms with E-state index in [-0.39, 0.29) is 18.2 Å². The van der Waals surface area contributed by atoms with Gasteiger partial charge < -0.3 is 24.6 Å². The van der Waals surface area contributed by atoms with Gasteiger partial charge in [-0.15, -0.1) is 0 Å². The molecule has 2 fully saturated rings. The fourth-order valence-electron chi connectivity index (χ4n) is 4.18. The largest absolute Gasteiger partial charge is 0.486 e. The molecule has 4 heterocycles. The Labute approximate surface area is 174 Å². The summed E-state index contributed by atoms with van der Waals surface area (Å²) in [5, 5.41) is 2.85. The molecule has 0 spiro atoms. The average molecular weight is 408 g/mol. The van der Waals surface area contributed by atoms with Crippen molar-refractivity contribution >= 4 is 29.0 Å². The molecule has 0 saturated carbocycles. The third kappa shape index (κ3) is 3.65. The molecule has 0 bridgehead atoms. The first-order valence-electron chi connectivity index (χ1n) is 10.4. The Bertz CT molecular complexity index is 956. The Morgan fingerprint density at radius 1 is 1.03 bits per heavy atom. The maximum Gasteiger partial charge on any atom is 0.230 e. The number of hydrogen-bond donors (Lipinski definition) is 1. The third-order valence-electron chi connectivity index (χ3n) is 5.80. The molecule has 3 aliphatic rings. The fourth-order valence-corrected chi connectivity index (χ4v) is 4.18. The lowest BCUT2D eigenvalue weighted by atomic mass is 10.1. The molecule has 1 aromatic heterocycles. The van der Waals surface area contributed by atoms with Crippen molar-refractivity contribution in [2.75, 3.05) is 48.0 Å². The number of nitrogens with one attached hydrogen (secondary N) is 1. The van der Waals surface area contributed by atoms with Gasteiger partial charge >= 0.3 is 0 Å². The predicted octanol–water partition coefficient (Wildman–Crippen LogP) is 2.44. The van der Waals surface area contributed by atoms with E-state index in [0.717, 1.165) is 18.8 Å². The van der Waals surface area contributed by atoms with Crippen molar-refractivity contribution in [3.05, 3.63) is 36.5 Å². The summed E-state index contributed by atoms with van der Waals surface area (Å²) in [4.78, 5) is 33.6. The van der Waals surface area contributed by atoms with Gasteiger partial charge in [0.15, 0.2) is 11.5 Å². The number of carbonyl (C=O) groups is 2. The first-order chi connectivity index (χ1) is 14.7. The molecule has 8 nitrogen and oxygen atoms in total. The van der Waals surface area contributed by atoms with Crippen molar-refractivity contribution < 1.29 is 19.1 Å². The highest BCUT2D eigenvalue weighted by atomic mass is 16.6. The second kappa shape index (κ2) is 7.85. The summed E-state index contributed by atoms with van der Waals surface area (Å²) in [5.74, 6) is 1.11. The number of aromatic nitrogens is 1. The predicted molar refractivity (Wildman–Crippen MR) is 112 cm³/mol. The third-order valence-corrected chi connectivity index (χ3v) is 5.80. The standard InChI is InChI=1S/C22H24N4O4/c27-21-11-15(14-26(21)16-3-5-18-19(12-16)30-10-9-29-18)22(28)24-20-6-4-17(13-23-20)25-7-1-2-8-25/h3-6,12-13,15H,1-2,7-11,14H2,(H,23,24,28). The van der Waals surface area contributed by atoms with Crippen LogP contribution in [0, 0.1) is 5.92 Å². The Morgan fingerprint density at radius 3 is 2.57 bits per heavy atom. The number of ether oxygens (including phenoxy) is 2. The van der Waals surface area contributed by atoms with Crippen LogP contribution >= 0.6 is 0 Å². The van der Waals surface area contributed by atoms with E-state index in [1.54, 1.807) is 23.2 Å². The molecule has 5 rings (SSSR count). The minimum Gasteiger partial charge on any atom is -0.486 e. The van der Waals surface area contributed by atoms with Gasteiger partial charge in [0, 0.05) is 37.8 Å². The summed E-state index contributed by atoms with van der Waals surface area (Å²) in [7, 11) is 0. The van der Waals surface area contributed by atoms with E-state index in [9.17, 15) is 9.59 Å². The van der Waals surface area contributed by atoms with E-state index in [0.29, 0.717) is 42.8 Å². The minimum absolute atomic E-state index is 0.0795. The first kappa shape index (κ1) is 18.7. The zero-order valence-corrected chi connectivity index (χ0v) is 16.7. The zero-order chi connectivity index (χ0) is 20.5. The van der Waals surface area contributed by atoms with Crippen LogP contribution < -0.4 is 24.6 Å². The zero-order valence-electron chi connectivity index (χ0n) is 16.7. The highest BCUT2D eigenvalue weighted by Gasteiger charge is 2.35. The lowest BCUT2D eigenvalue weighted by Gasteiger charge is -2.22. The molecule has 1 N–H and O–H groups in total. The molecule has 0 radical (unpaired) electrons. The molecule has 2 amide bonds. The van der Waals surface area contributed by atoms with Crippen molar-refractivity contribution in [1.29, 1.82) is 0 Å². The monoisotopic (exact) mass is 408 g/mol. The van der Waals surface area contributed by atoms with Crippen molar-refractivity contribution in [2.24, 2.45) is 5.92 Å². The average Bonchev–Trinajstić information content (AvgIpc) is 3.44. The van der Waals surface area contributed by atoms with Crippen LogP contribution in [0.2, 0.25) is 0 Å². The number of carbonyl (C=O) groups excluding carboxylic acids is 2. The number of fused-ring (bicyclic) bond motifs is 1. The molecule has 1 unspecified atom stereocenters. The fraction of sp³-hybridized carbons (Fsp3) is 0.409. The lowest BCUT2D eigenvalue weighted by molar-refractivity contribution is -0.122. The van der Waals surface area contributed by atoms with Crippen molar-refractivity contribution in [1.82, 2.24) is 4.98 Å². The van der Waals surface area contributed by atoms with Gasteiger partial charge in [-0.05, 0) is 37.1 Å². The Morgan fingerprint density at radius 2 is 1.80 bits per heavy atom. The van der Waals surface area contributed by atoms with E-state index in [1.165, 1.54) is 12.8 Å². The molecule has 1 aromatic carbocycles. The van der Waals surface area contributed by atoms with Crippen LogP contribution in [-0.4, -0.2) is 49.6 Å². The van der Waals surface area contributed by atoms with Gasteiger partial charge in [-0.3, -0.25) is 9.59 Å². The minimum atomic E-state index is -0.425. The molecule has 8 heteroatoms. The summed E-state index contributed by atoms with van der Waals surface area (Å²) in [6, 6.07) is 9.22. The van der Waals surface area contributed by atoms with Gasteiger partial charge in [-0.2, -0.15) is 0 Å². The van der Waals surface area contributed by atoms with Crippen molar-refractivity contribution in [3.63, 3.8) is 0 Å². The molecule has 3 aliphatic heterocycles.